The Hall–Kier alpha value is -1.79. The standard InChI is InChI=1S/C17H19FN2O2S/c18-15-7-2-1-6-14(15)12-23(21,22)20-13-17(9-5-10-17)16-8-3-4-11-19-16/h1-4,6-8,11,20H,5,9-10,12-13H2. The minimum Gasteiger partial charge on any atom is -0.261 e. The van der Waals surface area contributed by atoms with Crippen LogP contribution in [0.15, 0.2) is 48.7 Å². The van der Waals surface area contributed by atoms with Gasteiger partial charge in [-0.3, -0.25) is 4.98 Å². The monoisotopic (exact) mass is 334 g/mol. The van der Waals surface area contributed by atoms with Crippen molar-refractivity contribution in [3.63, 3.8) is 0 Å². The van der Waals surface area contributed by atoms with E-state index in [0.717, 1.165) is 25.0 Å². The maximum Gasteiger partial charge on any atom is 0.215 e. The molecule has 0 saturated heterocycles. The van der Waals surface area contributed by atoms with Crippen molar-refractivity contribution in [3.8, 4) is 0 Å². The van der Waals surface area contributed by atoms with Crippen molar-refractivity contribution >= 4 is 10.0 Å². The second-order valence-corrected chi connectivity index (χ2v) is 7.83. The first-order valence-electron chi connectivity index (χ1n) is 7.63. The molecular weight excluding hydrogens is 315 g/mol. The van der Waals surface area contributed by atoms with Crippen molar-refractivity contribution in [2.75, 3.05) is 6.54 Å². The van der Waals surface area contributed by atoms with Crippen LogP contribution in [0.5, 0.6) is 0 Å². The summed E-state index contributed by atoms with van der Waals surface area (Å²) in [7, 11) is -3.59. The summed E-state index contributed by atoms with van der Waals surface area (Å²) in [6, 6.07) is 11.6. The Morgan fingerprint density at radius 2 is 1.87 bits per heavy atom. The summed E-state index contributed by atoms with van der Waals surface area (Å²) in [6.07, 6.45) is 4.60. The Morgan fingerprint density at radius 3 is 2.48 bits per heavy atom. The normalized spacial score (nSPS) is 16.7. The largest absolute Gasteiger partial charge is 0.261 e. The van der Waals surface area contributed by atoms with Crippen LogP contribution >= 0.6 is 0 Å². The first-order valence-corrected chi connectivity index (χ1v) is 9.28. The van der Waals surface area contributed by atoms with Gasteiger partial charge in [0.2, 0.25) is 10.0 Å². The van der Waals surface area contributed by atoms with Crippen molar-refractivity contribution in [3.05, 3.63) is 65.7 Å². The summed E-state index contributed by atoms with van der Waals surface area (Å²) in [5.41, 5.74) is 0.865. The number of hydrogen-bond donors (Lipinski definition) is 1. The van der Waals surface area contributed by atoms with E-state index in [-0.39, 0.29) is 16.7 Å². The van der Waals surface area contributed by atoms with Crippen LogP contribution in [0.4, 0.5) is 4.39 Å². The van der Waals surface area contributed by atoms with Gasteiger partial charge < -0.3 is 0 Å². The van der Waals surface area contributed by atoms with Crippen LogP contribution in [0.25, 0.3) is 0 Å². The van der Waals surface area contributed by atoms with Crippen molar-refractivity contribution in [2.45, 2.75) is 30.4 Å². The summed E-state index contributed by atoms with van der Waals surface area (Å²) in [5, 5.41) is 0. The van der Waals surface area contributed by atoms with E-state index >= 15 is 0 Å². The molecule has 0 radical (unpaired) electrons. The van der Waals surface area contributed by atoms with Crippen LogP contribution in [0, 0.1) is 5.82 Å². The highest BCUT2D eigenvalue weighted by molar-refractivity contribution is 7.88. The number of halogens is 1. The number of rotatable bonds is 6. The average Bonchev–Trinajstić information content (AvgIpc) is 2.49. The molecule has 23 heavy (non-hydrogen) atoms. The van der Waals surface area contributed by atoms with Crippen molar-refractivity contribution in [1.29, 1.82) is 0 Å². The second kappa shape index (κ2) is 6.37. The lowest BCUT2D eigenvalue weighted by Gasteiger charge is -2.41. The van der Waals surface area contributed by atoms with Crippen LogP contribution in [0.1, 0.15) is 30.5 Å². The zero-order chi connectivity index (χ0) is 16.3. The highest BCUT2D eigenvalue weighted by Crippen LogP contribution is 2.42. The average molecular weight is 334 g/mol. The Morgan fingerprint density at radius 1 is 1.13 bits per heavy atom. The van der Waals surface area contributed by atoms with Crippen LogP contribution in [0.2, 0.25) is 0 Å². The van der Waals surface area contributed by atoms with Crippen molar-refractivity contribution < 1.29 is 12.8 Å². The molecule has 1 fully saturated rings. The Labute approximate surface area is 135 Å². The molecule has 122 valence electrons. The van der Waals surface area contributed by atoms with Gasteiger partial charge in [0.1, 0.15) is 5.82 Å². The molecule has 1 heterocycles. The number of benzene rings is 1. The first-order chi connectivity index (χ1) is 11.0. The van der Waals surface area contributed by atoms with E-state index in [2.05, 4.69) is 9.71 Å². The molecule has 0 amide bonds. The molecule has 1 saturated carbocycles. The molecule has 3 rings (SSSR count). The van der Waals surface area contributed by atoms with Crippen LogP contribution < -0.4 is 4.72 Å². The number of aromatic nitrogens is 1. The van der Waals surface area contributed by atoms with Gasteiger partial charge in [0.25, 0.3) is 0 Å². The fraction of sp³-hybridized carbons (Fsp3) is 0.353. The van der Waals surface area contributed by atoms with E-state index in [1.54, 1.807) is 18.3 Å². The minimum atomic E-state index is -3.59. The van der Waals surface area contributed by atoms with Gasteiger partial charge in [0.05, 0.1) is 5.75 Å². The van der Waals surface area contributed by atoms with Gasteiger partial charge in [-0.15, -0.1) is 0 Å². The van der Waals surface area contributed by atoms with Crippen LogP contribution in [0.3, 0.4) is 0 Å². The van der Waals surface area contributed by atoms with Gasteiger partial charge in [0, 0.05) is 29.4 Å². The fourth-order valence-corrected chi connectivity index (χ4v) is 4.16. The number of nitrogens with zero attached hydrogens (tertiary/aromatic N) is 1. The third-order valence-electron chi connectivity index (χ3n) is 4.45. The minimum absolute atomic E-state index is 0.181. The molecule has 1 N–H and O–H groups in total. The number of sulfonamides is 1. The number of nitrogens with one attached hydrogen (secondary N) is 1. The van der Waals surface area contributed by atoms with E-state index in [0.29, 0.717) is 6.54 Å². The van der Waals surface area contributed by atoms with Gasteiger partial charge in [-0.25, -0.2) is 17.5 Å². The van der Waals surface area contributed by atoms with E-state index in [4.69, 9.17) is 0 Å². The van der Waals surface area contributed by atoms with Crippen LogP contribution in [-0.4, -0.2) is 19.9 Å². The lowest BCUT2D eigenvalue weighted by atomic mass is 9.66. The predicted molar refractivity (Wildman–Crippen MR) is 86.8 cm³/mol. The highest BCUT2D eigenvalue weighted by Gasteiger charge is 2.40. The maximum atomic E-state index is 13.6. The molecule has 1 aliphatic carbocycles. The number of pyridine rings is 1. The molecule has 0 spiro atoms. The summed E-state index contributed by atoms with van der Waals surface area (Å²) < 4.78 is 40.8. The molecule has 4 nitrogen and oxygen atoms in total. The lowest BCUT2D eigenvalue weighted by Crippen LogP contribution is -2.46. The smallest absolute Gasteiger partial charge is 0.215 e. The molecular formula is C17H19FN2O2S. The van der Waals surface area contributed by atoms with Gasteiger partial charge in [-0.05, 0) is 31.0 Å². The fourth-order valence-electron chi connectivity index (χ4n) is 2.92. The zero-order valence-corrected chi connectivity index (χ0v) is 13.5. The maximum absolute atomic E-state index is 13.6. The molecule has 0 unspecified atom stereocenters. The van der Waals surface area contributed by atoms with E-state index in [1.165, 1.54) is 12.1 Å². The summed E-state index contributed by atoms with van der Waals surface area (Å²) in [6.45, 7) is 0.306. The molecule has 0 aliphatic heterocycles. The van der Waals surface area contributed by atoms with E-state index in [9.17, 15) is 12.8 Å². The predicted octanol–water partition coefficient (Wildman–Crippen LogP) is 2.76. The van der Waals surface area contributed by atoms with Crippen LogP contribution in [-0.2, 0) is 21.2 Å². The van der Waals surface area contributed by atoms with E-state index in [1.807, 2.05) is 18.2 Å². The quantitative estimate of drug-likeness (QED) is 0.884. The molecule has 1 aromatic heterocycles. The number of hydrogen-bond acceptors (Lipinski definition) is 3. The first kappa shape index (κ1) is 16.1. The second-order valence-electron chi connectivity index (χ2n) is 6.02. The van der Waals surface area contributed by atoms with Crippen molar-refractivity contribution in [2.24, 2.45) is 0 Å². The third-order valence-corrected chi connectivity index (χ3v) is 5.73. The van der Waals surface area contributed by atoms with E-state index < -0.39 is 15.8 Å². The van der Waals surface area contributed by atoms with Gasteiger partial charge >= 0.3 is 0 Å². The summed E-state index contributed by atoms with van der Waals surface area (Å²) in [5.74, 6) is -0.848. The topological polar surface area (TPSA) is 59.1 Å². The third kappa shape index (κ3) is 3.59. The molecule has 2 aromatic rings. The zero-order valence-electron chi connectivity index (χ0n) is 12.7. The molecule has 1 aromatic carbocycles. The summed E-state index contributed by atoms with van der Waals surface area (Å²) >= 11 is 0. The van der Waals surface area contributed by atoms with Gasteiger partial charge in [0.15, 0.2) is 0 Å². The summed E-state index contributed by atoms with van der Waals surface area (Å²) in [4.78, 5) is 4.38. The molecule has 0 atom stereocenters. The Balaban J connectivity index is 1.70. The SMILES string of the molecule is O=S(=O)(Cc1ccccc1F)NCC1(c2ccccn2)CCC1. The molecule has 1 aliphatic rings. The molecule has 0 bridgehead atoms. The Kier molecular flexibility index (Phi) is 4.46. The van der Waals surface area contributed by atoms with Gasteiger partial charge in [-0.1, -0.05) is 30.7 Å². The van der Waals surface area contributed by atoms with Gasteiger partial charge in [-0.2, -0.15) is 0 Å². The Bertz CT molecular complexity index is 774. The molecule has 6 heteroatoms. The lowest BCUT2D eigenvalue weighted by molar-refractivity contribution is 0.238. The highest BCUT2D eigenvalue weighted by atomic mass is 32.2. The van der Waals surface area contributed by atoms with Crippen molar-refractivity contribution in [1.82, 2.24) is 9.71 Å².